The van der Waals surface area contributed by atoms with Crippen LogP contribution in [0.15, 0.2) is 90.0 Å². The van der Waals surface area contributed by atoms with Crippen LogP contribution in [0.3, 0.4) is 0 Å². The number of hydrogen-bond donors (Lipinski definition) is 0. The lowest BCUT2D eigenvalue weighted by atomic mass is 9.99. The second-order valence-corrected chi connectivity index (χ2v) is 8.55. The second-order valence-electron chi connectivity index (χ2n) is 7.59. The molecule has 0 unspecified atom stereocenters. The largest absolute Gasteiger partial charge is 0.293 e. The molecule has 4 heteroatoms. The fourth-order valence-electron chi connectivity index (χ4n) is 3.47. The molecule has 32 heavy (non-hydrogen) atoms. The van der Waals surface area contributed by atoms with E-state index in [1.165, 1.54) is 11.8 Å². The van der Waals surface area contributed by atoms with Crippen LogP contribution in [-0.4, -0.2) is 16.5 Å². The van der Waals surface area contributed by atoms with Crippen molar-refractivity contribution < 1.29 is 4.79 Å². The Labute approximate surface area is 192 Å². The number of hydrogen-bond acceptors (Lipinski definition) is 4. The van der Waals surface area contributed by atoms with E-state index in [2.05, 4.69) is 6.07 Å². The maximum Gasteiger partial charge on any atom is 0.173 e. The molecule has 0 radical (unpaired) electrons. The number of pyridine rings is 1. The first-order chi connectivity index (χ1) is 15.6. The standard InChI is InChI=1S/C28H22N2OS/c1-19-13-14-23(15-20(19)2)27(31)18-32-28-25(17-29)24(21-9-5-3-6-10-21)16-26(30-28)22-11-7-4-8-12-22/h3-16H,18H2,1-2H3. The van der Waals surface area contributed by atoms with Crippen LogP contribution in [0.1, 0.15) is 27.0 Å². The lowest BCUT2D eigenvalue weighted by Crippen LogP contribution is -2.05. The summed E-state index contributed by atoms with van der Waals surface area (Å²) >= 11 is 1.32. The zero-order valence-electron chi connectivity index (χ0n) is 18.0. The second kappa shape index (κ2) is 9.64. The molecule has 3 nitrogen and oxygen atoms in total. The molecule has 0 spiro atoms. The lowest BCUT2D eigenvalue weighted by molar-refractivity contribution is 0.102. The molecule has 0 aliphatic heterocycles. The normalized spacial score (nSPS) is 10.5. The number of ketones is 1. The number of carbonyl (C=O) groups excluding carboxylic acids is 1. The smallest absolute Gasteiger partial charge is 0.173 e. The molecule has 0 saturated carbocycles. The van der Waals surface area contributed by atoms with Gasteiger partial charge in [0.25, 0.3) is 0 Å². The van der Waals surface area contributed by atoms with E-state index in [1.54, 1.807) is 0 Å². The quantitative estimate of drug-likeness (QED) is 0.245. The maximum atomic E-state index is 12.9. The van der Waals surface area contributed by atoms with E-state index in [9.17, 15) is 10.1 Å². The van der Waals surface area contributed by atoms with E-state index >= 15 is 0 Å². The predicted octanol–water partition coefficient (Wildman–Crippen LogP) is 6.88. The molecule has 0 aliphatic rings. The summed E-state index contributed by atoms with van der Waals surface area (Å²) in [6.07, 6.45) is 0. The number of Topliss-reactive ketones (excluding diaryl/α,β-unsaturated/α-hetero) is 1. The van der Waals surface area contributed by atoms with E-state index in [0.717, 1.165) is 33.5 Å². The molecule has 0 saturated heterocycles. The van der Waals surface area contributed by atoms with E-state index in [1.807, 2.05) is 98.8 Å². The summed E-state index contributed by atoms with van der Waals surface area (Å²) in [4.78, 5) is 17.6. The monoisotopic (exact) mass is 434 g/mol. The van der Waals surface area contributed by atoms with Crippen LogP contribution in [0.4, 0.5) is 0 Å². The average molecular weight is 435 g/mol. The third kappa shape index (κ3) is 4.64. The van der Waals surface area contributed by atoms with Gasteiger partial charge in [0, 0.05) is 16.7 Å². The third-order valence-electron chi connectivity index (χ3n) is 5.42. The molecule has 4 aromatic rings. The highest BCUT2D eigenvalue weighted by Crippen LogP contribution is 2.34. The average Bonchev–Trinajstić information content (AvgIpc) is 2.84. The lowest BCUT2D eigenvalue weighted by Gasteiger charge is -2.12. The van der Waals surface area contributed by atoms with E-state index in [4.69, 9.17) is 4.98 Å². The minimum Gasteiger partial charge on any atom is -0.293 e. The van der Waals surface area contributed by atoms with E-state index in [0.29, 0.717) is 16.2 Å². The number of benzene rings is 3. The van der Waals surface area contributed by atoms with Gasteiger partial charge in [0.2, 0.25) is 0 Å². The third-order valence-corrected chi connectivity index (χ3v) is 6.40. The highest BCUT2D eigenvalue weighted by Gasteiger charge is 2.17. The number of nitriles is 1. The molecule has 0 atom stereocenters. The summed E-state index contributed by atoms with van der Waals surface area (Å²) in [6, 6.07) is 29.8. The minimum absolute atomic E-state index is 0.0233. The Kier molecular flexibility index (Phi) is 6.49. The van der Waals surface area contributed by atoms with Crippen molar-refractivity contribution in [3.8, 4) is 28.5 Å². The van der Waals surface area contributed by atoms with E-state index < -0.39 is 0 Å². The molecule has 0 N–H and O–H groups in total. The summed E-state index contributed by atoms with van der Waals surface area (Å²) in [5.74, 6) is 0.242. The van der Waals surface area contributed by atoms with Crippen LogP contribution in [0.2, 0.25) is 0 Å². The molecule has 1 heterocycles. The van der Waals surface area contributed by atoms with Crippen LogP contribution >= 0.6 is 11.8 Å². The van der Waals surface area contributed by atoms with E-state index in [-0.39, 0.29) is 11.5 Å². The topological polar surface area (TPSA) is 53.8 Å². The van der Waals surface area contributed by atoms with Crippen molar-refractivity contribution >= 4 is 17.5 Å². The molecule has 4 rings (SSSR count). The van der Waals surface area contributed by atoms with Crippen molar-refractivity contribution in [2.45, 2.75) is 18.9 Å². The Hall–Kier alpha value is -3.68. The zero-order chi connectivity index (χ0) is 22.5. The van der Waals surface area contributed by atoms with Crippen molar-refractivity contribution in [1.29, 1.82) is 5.26 Å². The van der Waals surface area contributed by atoms with Gasteiger partial charge in [-0.1, -0.05) is 84.6 Å². The fraction of sp³-hybridized carbons (Fsp3) is 0.107. The number of aromatic nitrogens is 1. The predicted molar refractivity (Wildman–Crippen MR) is 131 cm³/mol. The first-order valence-corrected chi connectivity index (χ1v) is 11.3. The van der Waals surface area contributed by atoms with Gasteiger partial charge >= 0.3 is 0 Å². The van der Waals surface area contributed by atoms with Gasteiger partial charge in [0.1, 0.15) is 11.1 Å². The van der Waals surface area contributed by atoms with Crippen LogP contribution in [-0.2, 0) is 0 Å². The van der Waals surface area contributed by atoms with Crippen LogP contribution < -0.4 is 0 Å². The number of carbonyl (C=O) groups is 1. The van der Waals surface area contributed by atoms with Gasteiger partial charge < -0.3 is 0 Å². The molecule has 3 aromatic carbocycles. The number of nitrogens with zero attached hydrogens (tertiary/aromatic N) is 2. The Morgan fingerprint density at radius 3 is 2.16 bits per heavy atom. The Morgan fingerprint density at radius 1 is 0.875 bits per heavy atom. The number of thioether (sulfide) groups is 1. The molecule has 0 amide bonds. The van der Waals surface area contributed by atoms with Gasteiger partial charge in [-0.3, -0.25) is 4.79 Å². The maximum absolute atomic E-state index is 12.9. The van der Waals surface area contributed by atoms with Crippen molar-refractivity contribution in [2.24, 2.45) is 0 Å². The fourth-order valence-corrected chi connectivity index (χ4v) is 4.37. The summed E-state index contributed by atoms with van der Waals surface area (Å²) in [6.45, 7) is 4.03. The molecule has 1 aromatic heterocycles. The van der Waals surface area contributed by atoms with Crippen molar-refractivity contribution in [3.05, 3.63) is 107 Å². The van der Waals surface area contributed by atoms with Gasteiger partial charge in [-0.05, 0) is 42.7 Å². The molecule has 156 valence electrons. The van der Waals surface area contributed by atoms with Gasteiger partial charge in [-0.15, -0.1) is 0 Å². The van der Waals surface area contributed by atoms with Crippen molar-refractivity contribution in [1.82, 2.24) is 4.98 Å². The number of aryl methyl sites for hydroxylation is 2. The molecule has 0 fully saturated rings. The summed E-state index contributed by atoms with van der Waals surface area (Å²) in [7, 11) is 0. The van der Waals surface area contributed by atoms with Crippen LogP contribution in [0.5, 0.6) is 0 Å². The minimum atomic E-state index is 0.0233. The van der Waals surface area contributed by atoms with Crippen molar-refractivity contribution in [2.75, 3.05) is 5.75 Å². The van der Waals surface area contributed by atoms with Gasteiger partial charge in [0.05, 0.1) is 17.0 Å². The van der Waals surface area contributed by atoms with Gasteiger partial charge in [0.15, 0.2) is 5.78 Å². The first-order valence-electron chi connectivity index (χ1n) is 10.4. The highest BCUT2D eigenvalue weighted by atomic mass is 32.2. The van der Waals surface area contributed by atoms with Crippen LogP contribution in [0.25, 0.3) is 22.4 Å². The highest BCUT2D eigenvalue weighted by molar-refractivity contribution is 8.00. The molecule has 0 bridgehead atoms. The Bertz CT molecular complexity index is 1310. The Morgan fingerprint density at radius 2 is 1.53 bits per heavy atom. The summed E-state index contributed by atoms with van der Waals surface area (Å²) in [5.41, 5.74) is 6.95. The molecule has 0 aliphatic carbocycles. The summed E-state index contributed by atoms with van der Waals surface area (Å²) in [5, 5.41) is 10.6. The zero-order valence-corrected chi connectivity index (χ0v) is 18.8. The summed E-state index contributed by atoms with van der Waals surface area (Å²) < 4.78 is 0. The van der Waals surface area contributed by atoms with Crippen LogP contribution in [0, 0.1) is 25.2 Å². The molecular weight excluding hydrogens is 412 g/mol. The first kappa shape index (κ1) is 21.5. The SMILES string of the molecule is Cc1ccc(C(=O)CSc2nc(-c3ccccc3)cc(-c3ccccc3)c2C#N)cc1C. The number of rotatable bonds is 6. The van der Waals surface area contributed by atoms with Crippen molar-refractivity contribution in [3.63, 3.8) is 0 Å². The van der Waals surface area contributed by atoms with Gasteiger partial charge in [-0.2, -0.15) is 5.26 Å². The molecular formula is C28H22N2OS. The van der Waals surface area contributed by atoms with Gasteiger partial charge in [-0.25, -0.2) is 4.98 Å². The Balaban J connectivity index is 1.74.